The Morgan fingerprint density at radius 2 is 1.37 bits per heavy atom. The molecule has 4 heteroatoms. The first kappa shape index (κ1) is 18.4. The summed E-state index contributed by atoms with van der Waals surface area (Å²) >= 11 is 0. The second-order valence-electron chi connectivity index (χ2n) is 4.61. The Hall–Kier alpha value is -0.610. The van der Waals surface area contributed by atoms with Gasteiger partial charge in [-0.1, -0.05) is 39.5 Å². The van der Waals surface area contributed by atoms with Crippen LogP contribution in [0.1, 0.15) is 58.8 Å². The van der Waals surface area contributed by atoms with E-state index in [0.29, 0.717) is 32.8 Å². The number of carbonyl (C=O) groups is 1. The molecule has 0 atom stereocenters. The topological polar surface area (TPSA) is 44.8 Å². The average Bonchev–Trinajstić information content (AvgIpc) is 2.40. The quantitative estimate of drug-likeness (QED) is 0.360. The molecule has 0 aliphatic carbocycles. The van der Waals surface area contributed by atoms with Crippen LogP contribution < -0.4 is 0 Å². The van der Waals surface area contributed by atoms with Crippen molar-refractivity contribution in [2.24, 2.45) is 0 Å². The molecule has 0 rings (SSSR count). The summed E-state index contributed by atoms with van der Waals surface area (Å²) in [6.07, 6.45) is 7.60. The SMILES string of the molecule is CCCCCCCOCCOCCOC(=O)CCC. The van der Waals surface area contributed by atoms with Crippen LogP contribution in [-0.4, -0.2) is 39.0 Å². The highest BCUT2D eigenvalue weighted by Gasteiger charge is 1.99. The predicted molar refractivity (Wildman–Crippen MR) is 76.3 cm³/mol. The van der Waals surface area contributed by atoms with E-state index >= 15 is 0 Å². The minimum atomic E-state index is -0.144. The summed E-state index contributed by atoms with van der Waals surface area (Å²) in [6, 6.07) is 0. The molecule has 114 valence electrons. The summed E-state index contributed by atoms with van der Waals surface area (Å²) in [5.41, 5.74) is 0. The molecule has 0 bridgehead atoms. The lowest BCUT2D eigenvalue weighted by Crippen LogP contribution is -2.12. The van der Waals surface area contributed by atoms with Crippen LogP contribution in [0.3, 0.4) is 0 Å². The largest absolute Gasteiger partial charge is 0.463 e. The van der Waals surface area contributed by atoms with Crippen molar-refractivity contribution in [2.75, 3.05) is 33.0 Å². The number of hydrogen-bond donors (Lipinski definition) is 0. The second-order valence-corrected chi connectivity index (χ2v) is 4.61. The van der Waals surface area contributed by atoms with Crippen molar-refractivity contribution >= 4 is 5.97 Å². The molecule has 0 saturated carbocycles. The smallest absolute Gasteiger partial charge is 0.305 e. The molecule has 0 radical (unpaired) electrons. The van der Waals surface area contributed by atoms with Gasteiger partial charge in [0.1, 0.15) is 6.61 Å². The van der Waals surface area contributed by atoms with Crippen LogP contribution in [0.25, 0.3) is 0 Å². The van der Waals surface area contributed by atoms with E-state index < -0.39 is 0 Å². The molecule has 0 aliphatic rings. The number of rotatable bonds is 14. The van der Waals surface area contributed by atoms with Gasteiger partial charge in [-0.15, -0.1) is 0 Å². The fourth-order valence-electron chi connectivity index (χ4n) is 1.62. The first-order chi connectivity index (χ1) is 9.31. The van der Waals surface area contributed by atoms with Crippen molar-refractivity contribution in [3.05, 3.63) is 0 Å². The van der Waals surface area contributed by atoms with Gasteiger partial charge in [0, 0.05) is 13.0 Å². The van der Waals surface area contributed by atoms with Crippen molar-refractivity contribution in [3.63, 3.8) is 0 Å². The molecule has 0 saturated heterocycles. The first-order valence-electron chi connectivity index (χ1n) is 7.62. The molecule has 0 heterocycles. The Balaban J connectivity index is 3.01. The van der Waals surface area contributed by atoms with E-state index in [0.717, 1.165) is 19.4 Å². The molecule has 0 aromatic heterocycles. The summed E-state index contributed by atoms with van der Waals surface area (Å²) in [5, 5.41) is 0. The second kappa shape index (κ2) is 15.4. The summed E-state index contributed by atoms with van der Waals surface area (Å²) < 4.78 is 15.7. The fourth-order valence-corrected chi connectivity index (χ4v) is 1.62. The van der Waals surface area contributed by atoms with Gasteiger partial charge < -0.3 is 14.2 Å². The van der Waals surface area contributed by atoms with Gasteiger partial charge in [-0.25, -0.2) is 0 Å². The molecular weight excluding hydrogens is 244 g/mol. The highest BCUT2D eigenvalue weighted by molar-refractivity contribution is 5.69. The van der Waals surface area contributed by atoms with Crippen molar-refractivity contribution in [1.29, 1.82) is 0 Å². The van der Waals surface area contributed by atoms with Gasteiger partial charge >= 0.3 is 5.97 Å². The lowest BCUT2D eigenvalue weighted by molar-refractivity contribution is -0.145. The van der Waals surface area contributed by atoms with Crippen molar-refractivity contribution in [2.45, 2.75) is 58.8 Å². The van der Waals surface area contributed by atoms with E-state index in [-0.39, 0.29) is 5.97 Å². The molecular formula is C15H30O4. The number of unbranched alkanes of at least 4 members (excludes halogenated alkanes) is 4. The zero-order chi connectivity index (χ0) is 14.2. The number of ether oxygens (including phenoxy) is 3. The van der Waals surface area contributed by atoms with Crippen LogP contribution in [0.2, 0.25) is 0 Å². The lowest BCUT2D eigenvalue weighted by Gasteiger charge is -2.06. The van der Waals surface area contributed by atoms with Crippen LogP contribution in [0.5, 0.6) is 0 Å². The maximum Gasteiger partial charge on any atom is 0.305 e. The predicted octanol–water partition coefficient (Wildman–Crippen LogP) is 3.33. The number of carbonyl (C=O) groups excluding carboxylic acids is 1. The summed E-state index contributed by atoms with van der Waals surface area (Å²) in [5.74, 6) is -0.144. The molecule has 0 aliphatic heterocycles. The van der Waals surface area contributed by atoms with Gasteiger partial charge in [-0.05, 0) is 12.8 Å². The van der Waals surface area contributed by atoms with Gasteiger partial charge in [0.15, 0.2) is 0 Å². The molecule has 4 nitrogen and oxygen atoms in total. The Kier molecular flexibility index (Phi) is 15.0. The lowest BCUT2D eigenvalue weighted by atomic mass is 10.2. The molecule has 0 N–H and O–H groups in total. The zero-order valence-corrected chi connectivity index (χ0v) is 12.6. The summed E-state index contributed by atoms with van der Waals surface area (Å²) in [4.78, 5) is 11.0. The third kappa shape index (κ3) is 15.3. The van der Waals surface area contributed by atoms with Gasteiger partial charge in [-0.3, -0.25) is 4.79 Å². The molecule has 19 heavy (non-hydrogen) atoms. The third-order valence-corrected chi connectivity index (χ3v) is 2.71. The van der Waals surface area contributed by atoms with E-state index in [1.165, 1.54) is 25.7 Å². The molecule has 0 aromatic carbocycles. The summed E-state index contributed by atoms with van der Waals surface area (Å²) in [6.45, 7) is 6.98. The molecule has 0 aromatic rings. The minimum Gasteiger partial charge on any atom is -0.463 e. The van der Waals surface area contributed by atoms with E-state index in [9.17, 15) is 4.79 Å². The molecule has 0 unspecified atom stereocenters. The maximum absolute atomic E-state index is 11.0. The van der Waals surface area contributed by atoms with Crippen LogP contribution in [0.4, 0.5) is 0 Å². The van der Waals surface area contributed by atoms with Gasteiger partial charge in [0.2, 0.25) is 0 Å². The maximum atomic E-state index is 11.0. The number of esters is 1. The molecule has 0 amide bonds. The van der Waals surface area contributed by atoms with Crippen LogP contribution in [-0.2, 0) is 19.0 Å². The Bertz CT molecular complexity index is 195. The Morgan fingerprint density at radius 3 is 2.05 bits per heavy atom. The van der Waals surface area contributed by atoms with Gasteiger partial charge in [0.05, 0.1) is 19.8 Å². The van der Waals surface area contributed by atoms with E-state index in [4.69, 9.17) is 14.2 Å². The minimum absolute atomic E-state index is 0.144. The van der Waals surface area contributed by atoms with E-state index in [2.05, 4.69) is 6.92 Å². The molecule has 0 spiro atoms. The highest BCUT2D eigenvalue weighted by atomic mass is 16.6. The summed E-state index contributed by atoms with van der Waals surface area (Å²) in [7, 11) is 0. The first-order valence-corrected chi connectivity index (χ1v) is 7.62. The average molecular weight is 274 g/mol. The standard InChI is InChI=1S/C15H30O4/c1-3-5-6-7-8-10-17-11-12-18-13-14-19-15(16)9-4-2/h3-14H2,1-2H3. The van der Waals surface area contributed by atoms with Crippen LogP contribution in [0.15, 0.2) is 0 Å². The van der Waals surface area contributed by atoms with E-state index in [1.807, 2.05) is 6.92 Å². The number of hydrogen-bond acceptors (Lipinski definition) is 4. The Morgan fingerprint density at radius 1 is 0.737 bits per heavy atom. The Labute approximate surface area is 117 Å². The fraction of sp³-hybridized carbons (Fsp3) is 0.933. The van der Waals surface area contributed by atoms with E-state index in [1.54, 1.807) is 0 Å². The third-order valence-electron chi connectivity index (χ3n) is 2.71. The van der Waals surface area contributed by atoms with Crippen molar-refractivity contribution in [3.8, 4) is 0 Å². The highest BCUT2D eigenvalue weighted by Crippen LogP contribution is 2.02. The normalized spacial score (nSPS) is 10.6. The van der Waals surface area contributed by atoms with Gasteiger partial charge in [0.25, 0.3) is 0 Å². The monoisotopic (exact) mass is 274 g/mol. The van der Waals surface area contributed by atoms with Crippen molar-refractivity contribution < 1.29 is 19.0 Å². The zero-order valence-electron chi connectivity index (χ0n) is 12.6. The van der Waals surface area contributed by atoms with Crippen LogP contribution in [0, 0.1) is 0 Å². The van der Waals surface area contributed by atoms with Crippen LogP contribution >= 0.6 is 0 Å². The van der Waals surface area contributed by atoms with Crippen molar-refractivity contribution in [1.82, 2.24) is 0 Å². The molecule has 0 fully saturated rings. The van der Waals surface area contributed by atoms with Gasteiger partial charge in [-0.2, -0.15) is 0 Å².